The van der Waals surface area contributed by atoms with Gasteiger partial charge in [0, 0.05) is 11.3 Å². The minimum Gasteiger partial charge on any atom is -0.376 e. The fourth-order valence-corrected chi connectivity index (χ4v) is 2.37. The van der Waals surface area contributed by atoms with Crippen LogP contribution in [-0.2, 0) is 0 Å². The molecule has 1 aromatic carbocycles. The van der Waals surface area contributed by atoms with Gasteiger partial charge >= 0.3 is 0 Å². The third kappa shape index (κ3) is 1.55. The standard InChI is InChI=1S/C15H21N/c1-9-10(2)12(4)14-13(11(9)3)7-8-15(5,6)16-14/h7-8,16H,1-6H3. The predicted octanol–water partition coefficient (Wildman–Crippen LogP) is 4.14. The second-order valence-corrected chi connectivity index (χ2v) is 5.47. The summed E-state index contributed by atoms with van der Waals surface area (Å²) >= 11 is 0. The Morgan fingerprint density at radius 2 is 1.44 bits per heavy atom. The lowest BCUT2D eigenvalue weighted by molar-refractivity contribution is 0.709. The number of benzene rings is 1. The Morgan fingerprint density at radius 1 is 0.875 bits per heavy atom. The fourth-order valence-electron chi connectivity index (χ4n) is 2.37. The van der Waals surface area contributed by atoms with Crippen molar-refractivity contribution in [1.29, 1.82) is 0 Å². The van der Waals surface area contributed by atoms with E-state index in [0.29, 0.717) is 0 Å². The second kappa shape index (κ2) is 3.38. The first kappa shape index (κ1) is 11.3. The molecule has 1 aromatic rings. The Labute approximate surface area is 98.6 Å². The lowest BCUT2D eigenvalue weighted by Crippen LogP contribution is -2.31. The molecule has 1 heteroatoms. The Hall–Kier alpha value is -1.24. The van der Waals surface area contributed by atoms with E-state index in [1.54, 1.807) is 0 Å². The third-order valence-electron chi connectivity index (χ3n) is 3.85. The van der Waals surface area contributed by atoms with Gasteiger partial charge in [0.25, 0.3) is 0 Å². The zero-order valence-electron chi connectivity index (χ0n) is 11.2. The summed E-state index contributed by atoms with van der Waals surface area (Å²) in [4.78, 5) is 0. The molecular weight excluding hydrogens is 194 g/mol. The maximum absolute atomic E-state index is 3.63. The number of anilines is 1. The highest BCUT2D eigenvalue weighted by Gasteiger charge is 2.23. The van der Waals surface area contributed by atoms with E-state index in [9.17, 15) is 0 Å². The third-order valence-corrected chi connectivity index (χ3v) is 3.85. The Bertz CT molecular complexity index is 479. The minimum atomic E-state index is 0.0614. The maximum atomic E-state index is 3.63. The molecule has 1 heterocycles. The van der Waals surface area contributed by atoms with Crippen LogP contribution in [0, 0.1) is 27.7 Å². The summed E-state index contributed by atoms with van der Waals surface area (Å²) in [5.41, 5.74) is 8.35. The lowest BCUT2D eigenvalue weighted by Gasteiger charge is -2.32. The molecule has 0 fully saturated rings. The van der Waals surface area contributed by atoms with Crippen LogP contribution in [0.3, 0.4) is 0 Å². The predicted molar refractivity (Wildman–Crippen MR) is 72.1 cm³/mol. The van der Waals surface area contributed by atoms with Gasteiger partial charge in [0.15, 0.2) is 0 Å². The average molecular weight is 215 g/mol. The fraction of sp³-hybridized carbons (Fsp3) is 0.467. The molecule has 0 radical (unpaired) electrons. The highest BCUT2D eigenvalue weighted by molar-refractivity contribution is 5.79. The molecule has 0 unspecified atom stereocenters. The summed E-state index contributed by atoms with van der Waals surface area (Å²) in [5.74, 6) is 0. The van der Waals surface area contributed by atoms with Crippen LogP contribution >= 0.6 is 0 Å². The molecular formula is C15H21N. The summed E-state index contributed by atoms with van der Waals surface area (Å²) in [7, 11) is 0. The topological polar surface area (TPSA) is 12.0 Å². The van der Waals surface area contributed by atoms with Gasteiger partial charge in [0.1, 0.15) is 0 Å². The first-order valence-electron chi connectivity index (χ1n) is 5.91. The van der Waals surface area contributed by atoms with Gasteiger partial charge in [-0.3, -0.25) is 0 Å². The highest BCUT2D eigenvalue weighted by atomic mass is 15.0. The van der Waals surface area contributed by atoms with E-state index in [1.165, 1.54) is 33.5 Å². The Kier molecular flexibility index (Phi) is 2.37. The van der Waals surface area contributed by atoms with E-state index in [2.05, 4.69) is 59.0 Å². The molecule has 86 valence electrons. The molecule has 0 saturated carbocycles. The van der Waals surface area contributed by atoms with Gasteiger partial charge in [0.2, 0.25) is 0 Å². The molecule has 0 spiro atoms. The lowest BCUT2D eigenvalue weighted by atomic mass is 9.87. The Morgan fingerprint density at radius 3 is 2.06 bits per heavy atom. The van der Waals surface area contributed by atoms with Crippen molar-refractivity contribution in [3.8, 4) is 0 Å². The van der Waals surface area contributed by atoms with Crippen LogP contribution in [0.2, 0.25) is 0 Å². The number of rotatable bonds is 0. The zero-order valence-corrected chi connectivity index (χ0v) is 11.2. The molecule has 1 aliphatic heterocycles. The van der Waals surface area contributed by atoms with Crippen LogP contribution in [0.1, 0.15) is 41.7 Å². The quantitative estimate of drug-likeness (QED) is 0.686. The van der Waals surface area contributed by atoms with Crippen molar-refractivity contribution < 1.29 is 0 Å². The van der Waals surface area contributed by atoms with Gasteiger partial charge in [0.05, 0.1) is 5.54 Å². The second-order valence-electron chi connectivity index (χ2n) is 5.47. The largest absolute Gasteiger partial charge is 0.376 e. The van der Waals surface area contributed by atoms with Gasteiger partial charge in [-0.2, -0.15) is 0 Å². The van der Waals surface area contributed by atoms with E-state index < -0.39 is 0 Å². The molecule has 0 bridgehead atoms. The van der Waals surface area contributed by atoms with Crippen molar-refractivity contribution in [3.05, 3.63) is 33.9 Å². The van der Waals surface area contributed by atoms with Crippen molar-refractivity contribution >= 4 is 11.8 Å². The van der Waals surface area contributed by atoms with Crippen LogP contribution in [0.25, 0.3) is 6.08 Å². The van der Waals surface area contributed by atoms with Gasteiger partial charge < -0.3 is 5.32 Å². The summed E-state index contributed by atoms with van der Waals surface area (Å²) in [5, 5.41) is 3.63. The van der Waals surface area contributed by atoms with Crippen LogP contribution in [0.4, 0.5) is 5.69 Å². The number of fused-ring (bicyclic) bond motifs is 1. The minimum absolute atomic E-state index is 0.0614. The summed E-state index contributed by atoms with van der Waals surface area (Å²) < 4.78 is 0. The summed E-state index contributed by atoms with van der Waals surface area (Å²) in [6, 6.07) is 0. The SMILES string of the molecule is Cc1c(C)c(C)c2c(c1C)C=CC(C)(C)N2. The average Bonchev–Trinajstić information content (AvgIpc) is 2.22. The molecule has 16 heavy (non-hydrogen) atoms. The van der Waals surface area contributed by atoms with Crippen LogP contribution < -0.4 is 5.32 Å². The Balaban J connectivity index is 2.73. The molecule has 1 nitrogen and oxygen atoms in total. The van der Waals surface area contributed by atoms with E-state index in [4.69, 9.17) is 0 Å². The molecule has 0 amide bonds. The van der Waals surface area contributed by atoms with Crippen molar-refractivity contribution in [2.45, 2.75) is 47.1 Å². The van der Waals surface area contributed by atoms with Crippen molar-refractivity contribution in [1.82, 2.24) is 0 Å². The molecule has 2 rings (SSSR count). The van der Waals surface area contributed by atoms with E-state index in [-0.39, 0.29) is 5.54 Å². The molecule has 1 N–H and O–H groups in total. The van der Waals surface area contributed by atoms with Crippen molar-refractivity contribution in [3.63, 3.8) is 0 Å². The van der Waals surface area contributed by atoms with E-state index in [0.717, 1.165) is 0 Å². The molecule has 0 atom stereocenters. The van der Waals surface area contributed by atoms with Crippen LogP contribution in [-0.4, -0.2) is 5.54 Å². The molecule has 0 aromatic heterocycles. The van der Waals surface area contributed by atoms with Gasteiger partial charge in [-0.05, 0) is 63.8 Å². The highest BCUT2D eigenvalue weighted by Crippen LogP contribution is 2.36. The maximum Gasteiger partial charge on any atom is 0.0503 e. The van der Waals surface area contributed by atoms with Crippen LogP contribution in [0.15, 0.2) is 6.08 Å². The molecule has 1 aliphatic rings. The van der Waals surface area contributed by atoms with Crippen molar-refractivity contribution in [2.24, 2.45) is 0 Å². The number of hydrogen-bond donors (Lipinski definition) is 1. The van der Waals surface area contributed by atoms with Gasteiger partial charge in [-0.25, -0.2) is 0 Å². The normalized spacial score (nSPS) is 16.9. The van der Waals surface area contributed by atoms with Crippen LogP contribution in [0.5, 0.6) is 0 Å². The molecule has 0 saturated heterocycles. The smallest absolute Gasteiger partial charge is 0.0503 e. The van der Waals surface area contributed by atoms with E-state index in [1.807, 2.05) is 0 Å². The first-order chi connectivity index (χ1) is 7.33. The van der Waals surface area contributed by atoms with Gasteiger partial charge in [-0.1, -0.05) is 12.2 Å². The zero-order chi connectivity index (χ0) is 12.1. The van der Waals surface area contributed by atoms with Gasteiger partial charge in [-0.15, -0.1) is 0 Å². The summed E-state index contributed by atoms with van der Waals surface area (Å²) in [6.07, 6.45) is 4.51. The van der Waals surface area contributed by atoms with E-state index >= 15 is 0 Å². The molecule has 0 aliphatic carbocycles. The first-order valence-corrected chi connectivity index (χ1v) is 5.91. The number of hydrogen-bond acceptors (Lipinski definition) is 1. The van der Waals surface area contributed by atoms with Crippen molar-refractivity contribution in [2.75, 3.05) is 5.32 Å². The number of nitrogens with one attached hydrogen (secondary N) is 1. The summed E-state index contributed by atoms with van der Waals surface area (Å²) in [6.45, 7) is 13.3. The monoisotopic (exact) mass is 215 g/mol.